The fraction of sp³-hybridized carbons (Fsp3) is 0.550. The number of piperidine rings is 1. The van der Waals surface area contributed by atoms with Gasteiger partial charge in [0.2, 0.25) is 0 Å². The van der Waals surface area contributed by atoms with E-state index >= 15 is 0 Å². The number of rotatable bonds is 4. The summed E-state index contributed by atoms with van der Waals surface area (Å²) in [4.78, 5) is 14.8. The second kappa shape index (κ2) is 9.23. The number of fused-ring (bicyclic) bond motifs is 3. The van der Waals surface area contributed by atoms with Crippen molar-refractivity contribution in [2.24, 2.45) is 0 Å². The molecule has 1 saturated heterocycles. The highest BCUT2D eigenvalue weighted by atomic mass is 35.5. The van der Waals surface area contributed by atoms with E-state index in [1.807, 2.05) is 12.3 Å². The first-order valence-electron chi connectivity index (χ1n) is 9.30. The third kappa shape index (κ3) is 4.09. The molecule has 4 rings (SSSR count). The number of likely N-dealkylation sites (tertiary alicyclic amines) is 1. The quantitative estimate of drug-likeness (QED) is 0.856. The molecule has 4 nitrogen and oxygen atoms in total. The first kappa shape index (κ1) is 21.2. The minimum Gasteiger partial charge on any atom is -0.314 e. The summed E-state index contributed by atoms with van der Waals surface area (Å²) in [5, 5.41) is 3.74. The predicted octanol–water partition coefficient (Wildman–Crippen LogP) is 3.53. The second-order valence-electron chi connectivity index (χ2n) is 7.32. The molecule has 144 valence electrons. The lowest BCUT2D eigenvalue weighted by Gasteiger charge is -2.29. The minimum absolute atomic E-state index is 0. The Morgan fingerprint density at radius 3 is 2.69 bits per heavy atom. The van der Waals surface area contributed by atoms with Gasteiger partial charge in [0, 0.05) is 24.2 Å². The maximum atomic E-state index is 12.4. The first-order chi connectivity index (χ1) is 11.7. The average molecular weight is 398 g/mol. The van der Waals surface area contributed by atoms with E-state index in [0.29, 0.717) is 18.2 Å². The van der Waals surface area contributed by atoms with Crippen LogP contribution >= 0.6 is 24.8 Å². The maximum Gasteiger partial charge on any atom is 0.179 e. The smallest absolute Gasteiger partial charge is 0.179 e. The molecule has 0 amide bonds. The lowest BCUT2D eigenvalue weighted by molar-refractivity contribution is 0.0966. The molecule has 0 bridgehead atoms. The normalized spacial score (nSPS) is 18.3. The summed E-state index contributed by atoms with van der Waals surface area (Å²) in [7, 11) is 2.20. The number of ketones is 1. The second-order valence-corrected chi connectivity index (χ2v) is 7.32. The summed E-state index contributed by atoms with van der Waals surface area (Å²) in [6.45, 7) is 3.39. The van der Waals surface area contributed by atoms with Crippen LogP contribution in [0.4, 0.5) is 0 Å². The van der Waals surface area contributed by atoms with Crippen molar-refractivity contribution >= 4 is 36.1 Å². The lowest BCUT2D eigenvalue weighted by Crippen LogP contribution is -2.41. The number of halogens is 2. The molecular weight excluding hydrogens is 369 g/mol. The lowest BCUT2D eigenvalue weighted by atomic mass is 9.92. The Hall–Kier alpha value is -1.07. The highest BCUT2D eigenvalue weighted by molar-refractivity contribution is 5.99. The molecule has 0 atom stereocenters. The van der Waals surface area contributed by atoms with Crippen molar-refractivity contribution in [2.45, 2.75) is 44.6 Å². The Morgan fingerprint density at radius 1 is 1.15 bits per heavy atom. The Kier molecular flexibility index (Phi) is 7.53. The molecule has 2 aliphatic rings. The van der Waals surface area contributed by atoms with E-state index < -0.39 is 0 Å². The summed E-state index contributed by atoms with van der Waals surface area (Å²) in [5.74, 6) is 0.312. The Bertz CT molecular complexity index is 751. The molecule has 0 spiro atoms. The van der Waals surface area contributed by atoms with E-state index in [4.69, 9.17) is 0 Å². The van der Waals surface area contributed by atoms with Crippen molar-refractivity contribution in [2.75, 3.05) is 26.7 Å². The van der Waals surface area contributed by atoms with Crippen LogP contribution in [-0.4, -0.2) is 47.8 Å². The zero-order valence-electron chi connectivity index (χ0n) is 15.4. The van der Waals surface area contributed by atoms with Crippen molar-refractivity contribution in [1.29, 1.82) is 0 Å². The Morgan fingerprint density at radius 2 is 1.92 bits per heavy atom. The van der Waals surface area contributed by atoms with Gasteiger partial charge in [-0.05, 0) is 82.0 Å². The third-order valence-electron chi connectivity index (χ3n) is 5.68. The monoisotopic (exact) mass is 397 g/mol. The van der Waals surface area contributed by atoms with Crippen LogP contribution in [0.25, 0.3) is 5.52 Å². The van der Waals surface area contributed by atoms with Crippen molar-refractivity contribution in [1.82, 2.24) is 14.6 Å². The standard InChI is InChI=1S/C20H27N3O.2ClH/c1-22-13-9-15(10-14-22)21-11-8-16-17-5-4-7-19(24)20(17)23-12-3-2-6-18(16)23;;/h2-3,6,12,15,21H,4-5,7-11,13-14H2,1H3;2*1H. The van der Waals surface area contributed by atoms with Crippen molar-refractivity contribution < 1.29 is 4.79 Å². The largest absolute Gasteiger partial charge is 0.314 e. The van der Waals surface area contributed by atoms with Gasteiger partial charge in [0.1, 0.15) is 0 Å². The van der Waals surface area contributed by atoms with Gasteiger partial charge < -0.3 is 14.6 Å². The summed E-state index contributed by atoms with van der Waals surface area (Å²) in [5.41, 5.74) is 4.87. The number of carbonyl (C=O) groups excluding carboxylic acids is 1. The Balaban J connectivity index is 0.00000121. The molecule has 1 N–H and O–H groups in total. The van der Waals surface area contributed by atoms with Crippen LogP contribution < -0.4 is 5.32 Å². The zero-order chi connectivity index (χ0) is 16.5. The molecule has 6 heteroatoms. The average Bonchev–Trinajstić information content (AvgIpc) is 2.92. The van der Waals surface area contributed by atoms with Crippen LogP contribution in [0, 0.1) is 0 Å². The molecule has 0 unspecified atom stereocenters. The molecule has 2 aromatic heterocycles. The molecular formula is C20H29Cl2N3O. The molecule has 1 aliphatic carbocycles. The van der Waals surface area contributed by atoms with E-state index in [0.717, 1.165) is 31.5 Å². The van der Waals surface area contributed by atoms with E-state index in [9.17, 15) is 4.79 Å². The molecule has 2 aromatic rings. The van der Waals surface area contributed by atoms with Crippen LogP contribution in [0.15, 0.2) is 24.4 Å². The van der Waals surface area contributed by atoms with Crippen LogP contribution in [0.5, 0.6) is 0 Å². The fourth-order valence-corrected chi connectivity index (χ4v) is 4.34. The summed E-state index contributed by atoms with van der Waals surface area (Å²) < 4.78 is 2.13. The third-order valence-corrected chi connectivity index (χ3v) is 5.68. The SMILES string of the molecule is CN1CCC(NCCc2c3c(n4ccccc24)C(=O)CCC3)CC1.Cl.Cl. The number of aromatic nitrogens is 1. The van der Waals surface area contributed by atoms with E-state index in [2.05, 4.69) is 33.8 Å². The summed E-state index contributed by atoms with van der Waals surface area (Å²) in [6, 6.07) is 6.92. The fourth-order valence-electron chi connectivity index (χ4n) is 4.34. The summed E-state index contributed by atoms with van der Waals surface area (Å²) in [6.07, 6.45) is 8.28. The molecule has 3 heterocycles. The van der Waals surface area contributed by atoms with Gasteiger partial charge in [-0.3, -0.25) is 4.79 Å². The highest BCUT2D eigenvalue weighted by Gasteiger charge is 2.26. The first-order valence-corrected chi connectivity index (χ1v) is 9.30. The number of hydrogen-bond donors (Lipinski definition) is 1. The number of nitrogens with zero attached hydrogens (tertiary/aromatic N) is 2. The van der Waals surface area contributed by atoms with Gasteiger partial charge in [0.15, 0.2) is 5.78 Å². The number of Topliss-reactive ketones (excluding diaryl/α,β-unsaturated/α-hetero) is 1. The van der Waals surface area contributed by atoms with E-state index in [1.54, 1.807) is 0 Å². The maximum absolute atomic E-state index is 12.4. The number of carbonyl (C=O) groups is 1. The zero-order valence-corrected chi connectivity index (χ0v) is 17.0. The summed E-state index contributed by atoms with van der Waals surface area (Å²) >= 11 is 0. The van der Waals surface area contributed by atoms with Gasteiger partial charge in [-0.15, -0.1) is 24.8 Å². The van der Waals surface area contributed by atoms with E-state index in [-0.39, 0.29) is 24.8 Å². The van der Waals surface area contributed by atoms with Gasteiger partial charge in [0.25, 0.3) is 0 Å². The van der Waals surface area contributed by atoms with Crippen molar-refractivity contribution in [3.8, 4) is 0 Å². The molecule has 0 saturated carbocycles. The predicted molar refractivity (Wildman–Crippen MR) is 111 cm³/mol. The molecule has 1 aliphatic heterocycles. The Labute approximate surface area is 168 Å². The van der Waals surface area contributed by atoms with Gasteiger partial charge in [-0.2, -0.15) is 0 Å². The highest BCUT2D eigenvalue weighted by Crippen LogP contribution is 2.30. The van der Waals surface area contributed by atoms with Gasteiger partial charge in [0.05, 0.1) is 5.69 Å². The van der Waals surface area contributed by atoms with Gasteiger partial charge in [-0.25, -0.2) is 0 Å². The number of hydrogen-bond acceptors (Lipinski definition) is 3. The van der Waals surface area contributed by atoms with Crippen LogP contribution in [0.3, 0.4) is 0 Å². The molecule has 26 heavy (non-hydrogen) atoms. The van der Waals surface area contributed by atoms with Crippen LogP contribution in [-0.2, 0) is 12.8 Å². The van der Waals surface area contributed by atoms with Crippen molar-refractivity contribution in [3.05, 3.63) is 41.2 Å². The number of pyridine rings is 1. The number of nitrogens with one attached hydrogen (secondary N) is 1. The van der Waals surface area contributed by atoms with Crippen LogP contribution in [0.1, 0.15) is 47.3 Å². The molecule has 0 aromatic carbocycles. The molecule has 0 radical (unpaired) electrons. The van der Waals surface area contributed by atoms with Crippen LogP contribution in [0.2, 0.25) is 0 Å². The van der Waals surface area contributed by atoms with E-state index in [1.165, 1.54) is 42.6 Å². The van der Waals surface area contributed by atoms with Crippen molar-refractivity contribution in [3.63, 3.8) is 0 Å². The minimum atomic E-state index is 0. The topological polar surface area (TPSA) is 36.8 Å². The molecule has 1 fully saturated rings. The van der Waals surface area contributed by atoms with Gasteiger partial charge >= 0.3 is 0 Å². The van der Waals surface area contributed by atoms with Gasteiger partial charge in [-0.1, -0.05) is 6.07 Å².